The molecule has 2 heterocycles. The number of methoxy groups -OCH3 is 1. The Morgan fingerprint density at radius 2 is 2.03 bits per heavy atom. The van der Waals surface area contributed by atoms with E-state index in [1.54, 1.807) is 6.20 Å². The maximum atomic E-state index is 12.5. The Kier molecular flexibility index (Phi) is 7.03. The molecule has 1 fully saturated rings. The van der Waals surface area contributed by atoms with Gasteiger partial charge in [-0.05, 0) is 18.2 Å². The number of aromatic nitrogens is 2. The molecule has 162 valence electrons. The summed E-state index contributed by atoms with van der Waals surface area (Å²) < 4.78 is 37.8. The molecule has 0 atom stereocenters. The fourth-order valence-corrected chi connectivity index (χ4v) is 4.00. The van der Waals surface area contributed by atoms with E-state index in [9.17, 15) is 13.2 Å². The molecular formula is C18H24N6O5S. The average Bonchev–Trinajstić information content (AvgIpc) is 2.77. The van der Waals surface area contributed by atoms with Gasteiger partial charge in [0.25, 0.3) is 5.91 Å². The number of morpholine rings is 1. The number of carbonyl (C=O) groups excluding carboxylic acids is 1. The van der Waals surface area contributed by atoms with Gasteiger partial charge in [-0.1, -0.05) is 0 Å². The van der Waals surface area contributed by atoms with E-state index in [0.717, 1.165) is 18.8 Å². The standard InChI is InChI=1S/C18H24N6O5S/c1-28-16-3-2-14(11-15(16)18(19)25)30(26,27)22-5-4-20-17-10-13(12-21-23-17)24-6-8-29-9-7-24/h2-3,10-12,22H,4-9H2,1H3,(H2,19,25)(H,20,23). The summed E-state index contributed by atoms with van der Waals surface area (Å²) in [4.78, 5) is 13.6. The molecule has 1 amide bonds. The molecule has 0 spiro atoms. The molecular weight excluding hydrogens is 412 g/mol. The fourth-order valence-electron chi connectivity index (χ4n) is 2.94. The van der Waals surface area contributed by atoms with E-state index in [4.69, 9.17) is 15.2 Å². The first-order valence-electron chi connectivity index (χ1n) is 9.27. The van der Waals surface area contributed by atoms with Gasteiger partial charge < -0.3 is 25.4 Å². The lowest BCUT2D eigenvalue weighted by atomic mass is 10.2. The molecule has 3 rings (SSSR count). The molecule has 1 aliphatic heterocycles. The summed E-state index contributed by atoms with van der Waals surface area (Å²) in [5.74, 6) is -0.0233. The second-order valence-corrected chi connectivity index (χ2v) is 8.22. The van der Waals surface area contributed by atoms with E-state index in [1.807, 2.05) is 6.07 Å². The van der Waals surface area contributed by atoms with Gasteiger partial charge >= 0.3 is 0 Å². The van der Waals surface area contributed by atoms with Gasteiger partial charge in [-0.3, -0.25) is 4.79 Å². The Hall–Kier alpha value is -2.96. The van der Waals surface area contributed by atoms with Gasteiger partial charge in [0.15, 0.2) is 5.82 Å². The number of hydrogen-bond donors (Lipinski definition) is 3. The number of benzene rings is 1. The zero-order valence-electron chi connectivity index (χ0n) is 16.5. The van der Waals surface area contributed by atoms with Crippen molar-refractivity contribution in [2.45, 2.75) is 4.90 Å². The number of nitrogens with two attached hydrogens (primary N) is 1. The lowest BCUT2D eigenvalue weighted by Gasteiger charge is -2.28. The van der Waals surface area contributed by atoms with E-state index >= 15 is 0 Å². The normalized spacial score (nSPS) is 14.4. The third-order valence-corrected chi connectivity index (χ3v) is 5.94. The van der Waals surface area contributed by atoms with Crippen LogP contribution in [-0.4, -0.2) is 71.0 Å². The minimum Gasteiger partial charge on any atom is -0.496 e. The highest BCUT2D eigenvalue weighted by Gasteiger charge is 2.18. The molecule has 4 N–H and O–H groups in total. The number of nitrogens with one attached hydrogen (secondary N) is 2. The molecule has 12 heteroatoms. The number of carbonyl (C=O) groups is 1. The first-order chi connectivity index (χ1) is 14.4. The van der Waals surface area contributed by atoms with Gasteiger partial charge in [0.2, 0.25) is 10.0 Å². The number of sulfonamides is 1. The minimum absolute atomic E-state index is 0.00583. The van der Waals surface area contributed by atoms with Crippen LogP contribution >= 0.6 is 0 Å². The number of hydrogen-bond acceptors (Lipinski definition) is 9. The highest BCUT2D eigenvalue weighted by molar-refractivity contribution is 7.89. The monoisotopic (exact) mass is 436 g/mol. The second kappa shape index (κ2) is 9.69. The predicted molar refractivity (Wildman–Crippen MR) is 110 cm³/mol. The smallest absolute Gasteiger partial charge is 0.252 e. The maximum Gasteiger partial charge on any atom is 0.252 e. The topological polar surface area (TPSA) is 149 Å². The second-order valence-electron chi connectivity index (χ2n) is 6.45. The highest BCUT2D eigenvalue weighted by Crippen LogP contribution is 2.22. The van der Waals surface area contributed by atoms with E-state index in [2.05, 4.69) is 25.1 Å². The maximum absolute atomic E-state index is 12.5. The fraction of sp³-hybridized carbons (Fsp3) is 0.389. The van der Waals surface area contributed by atoms with Crippen LogP contribution < -0.4 is 25.4 Å². The van der Waals surface area contributed by atoms with Crippen molar-refractivity contribution in [3.8, 4) is 5.75 Å². The first kappa shape index (κ1) is 21.7. The van der Waals surface area contributed by atoms with E-state index in [1.165, 1.54) is 25.3 Å². The number of primary amides is 1. The summed E-state index contributed by atoms with van der Waals surface area (Å²) in [6.45, 7) is 3.27. The van der Waals surface area contributed by atoms with Crippen LogP contribution in [-0.2, 0) is 14.8 Å². The van der Waals surface area contributed by atoms with Gasteiger partial charge in [-0.15, -0.1) is 5.10 Å². The molecule has 1 aromatic heterocycles. The van der Waals surface area contributed by atoms with Crippen molar-refractivity contribution < 1.29 is 22.7 Å². The van der Waals surface area contributed by atoms with E-state index < -0.39 is 15.9 Å². The molecule has 0 radical (unpaired) electrons. The number of nitrogens with zero attached hydrogens (tertiary/aromatic N) is 3. The van der Waals surface area contributed by atoms with E-state index in [-0.39, 0.29) is 22.8 Å². The van der Waals surface area contributed by atoms with Crippen molar-refractivity contribution in [3.05, 3.63) is 36.0 Å². The van der Waals surface area contributed by atoms with Crippen LogP contribution in [0.1, 0.15) is 10.4 Å². The summed E-state index contributed by atoms with van der Waals surface area (Å²) >= 11 is 0. The zero-order valence-corrected chi connectivity index (χ0v) is 17.3. The molecule has 11 nitrogen and oxygen atoms in total. The van der Waals surface area contributed by atoms with Gasteiger partial charge in [-0.25, -0.2) is 13.1 Å². The molecule has 0 saturated carbocycles. The molecule has 30 heavy (non-hydrogen) atoms. The first-order valence-corrected chi connectivity index (χ1v) is 10.8. The zero-order chi connectivity index (χ0) is 21.6. The largest absolute Gasteiger partial charge is 0.496 e. The summed E-state index contributed by atoms with van der Waals surface area (Å²) in [7, 11) is -2.46. The Morgan fingerprint density at radius 3 is 2.73 bits per heavy atom. The molecule has 1 saturated heterocycles. The summed E-state index contributed by atoms with van der Waals surface area (Å²) in [5.41, 5.74) is 6.21. The third-order valence-electron chi connectivity index (χ3n) is 4.49. The lowest BCUT2D eigenvalue weighted by Crippen LogP contribution is -2.36. The van der Waals surface area contributed by atoms with Crippen LogP contribution in [0.25, 0.3) is 0 Å². The number of ether oxygens (including phenoxy) is 2. The van der Waals surface area contributed by atoms with Crippen LogP contribution in [0.3, 0.4) is 0 Å². The lowest BCUT2D eigenvalue weighted by molar-refractivity contribution is 0.0997. The van der Waals surface area contributed by atoms with Gasteiger partial charge in [0, 0.05) is 32.2 Å². The van der Waals surface area contributed by atoms with Gasteiger partial charge in [0.05, 0.1) is 42.7 Å². The van der Waals surface area contributed by atoms with Crippen LogP contribution in [0.2, 0.25) is 0 Å². The summed E-state index contributed by atoms with van der Waals surface area (Å²) in [6.07, 6.45) is 1.68. The average molecular weight is 436 g/mol. The molecule has 1 aliphatic rings. The third kappa shape index (κ3) is 5.34. The van der Waals surface area contributed by atoms with Gasteiger partial charge in [-0.2, -0.15) is 5.10 Å². The quantitative estimate of drug-likeness (QED) is 0.455. The van der Waals surface area contributed by atoms with Crippen molar-refractivity contribution in [1.29, 1.82) is 0 Å². The summed E-state index contributed by atoms with van der Waals surface area (Å²) in [6, 6.07) is 5.78. The molecule has 0 aliphatic carbocycles. The van der Waals surface area contributed by atoms with Crippen LogP contribution in [0.4, 0.5) is 11.5 Å². The molecule has 0 bridgehead atoms. The van der Waals surface area contributed by atoms with Crippen LogP contribution in [0.5, 0.6) is 5.75 Å². The van der Waals surface area contributed by atoms with Crippen molar-refractivity contribution >= 4 is 27.4 Å². The molecule has 2 aromatic rings. The Morgan fingerprint density at radius 1 is 1.27 bits per heavy atom. The van der Waals surface area contributed by atoms with Crippen molar-refractivity contribution in [1.82, 2.24) is 14.9 Å². The molecule has 0 unspecified atom stereocenters. The van der Waals surface area contributed by atoms with Crippen LogP contribution in [0.15, 0.2) is 35.4 Å². The number of amides is 1. The Balaban J connectivity index is 1.57. The Bertz CT molecular complexity index is 994. The van der Waals surface area contributed by atoms with Gasteiger partial charge in [0.1, 0.15) is 5.75 Å². The highest BCUT2D eigenvalue weighted by atomic mass is 32.2. The number of anilines is 2. The van der Waals surface area contributed by atoms with Crippen molar-refractivity contribution in [2.75, 3.05) is 56.7 Å². The van der Waals surface area contributed by atoms with Crippen molar-refractivity contribution in [3.63, 3.8) is 0 Å². The van der Waals surface area contributed by atoms with Crippen molar-refractivity contribution in [2.24, 2.45) is 5.73 Å². The predicted octanol–water partition coefficient (Wildman–Crippen LogP) is -0.189. The summed E-state index contributed by atoms with van der Waals surface area (Å²) in [5, 5.41) is 11.0. The van der Waals surface area contributed by atoms with Crippen LogP contribution in [0, 0.1) is 0 Å². The number of rotatable bonds is 9. The molecule has 1 aromatic carbocycles. The minimum atomic E-state index is -3.83. The SMILES string of the molecule is COc1ccc(S(=O)(=O)NCCNc2cc(N3CCOCC3)cnn2)cc1C(N)=O. The Labute approximate surface area is 174 Å². The van der Waals surface area contributed by atoms with E-state index in [0.29, 0.717) is 25.6 Å².